The third-order valence-electron chi connectivity index (χ3n) is 4.16. The van der Waals surface area contributed by atoms with E-state index in [2.05, 4.69) is 4.99 Å². The number of rotatable bonds is 6. The second kappa shape index (κ2) is 8.89. The molecule has 27 heavy (non-hydrogen) atoms. The number of aromatic nitrogens is 1. The van der Waals surface area contributed by atoms with Crippen LogP contribution in [0.25, 0.3) is 11.1 Å². The van der Waals surface area contributed by atoms with Gasteiger partial charge >= 0.3 is 0 Å². The lowest BCUT2D eigenvalue weighted by atomic mass is 10.0. The van der Waals surface area contributed by atoms with E-state index in [-0.39, 0.29) is 5.78 Å². The third kappa shape index (κ3) is 4.41. The van der Waals surface area contributed by atoms with Crippen molar-refractivity contribution in [2.75, 3.05) is 6.54 Å². The molecule has 3 aromatic rings. The predicted molar refractivity (Wildman–Crippen MR) is 112 cm³/mol. The maximum absolute atomic E-state index is 13.3. The van der Waals surface area contributed by atoms with E-state index < -0.39 is 6.04 Å². The fourth-order valence-electron chi connectivity index (χ4n) is 2.88. The van der Waals surface area contributed by atoms with Gasteiger partial charge in [0.15, 0.2) is 12.4 Å². The maximum Gasteiger partial charge on any atom is 0.237 e. The van der Waals surface area contributed by atoms with Gasteiger partial charge in [-0.2, -0.15) is 4.57 Å². The molecule has 0 N–H and O–H groups in total. The zero-order chi connectivity index (χ0) is 19.2. The SMILES string of the molecule is CCN=C([S-])C(C(=O)c1ccccc1Cl)[n+]1cccc(-c2ccccc2)c1. The first-order chi connectivity index (χ1) is 13.1. The van der Waals surface area contributed by atoms with E-state index in [1.807, 2.05) is 66.3 Å². The summed E-state index contributed by atoms with van der Waals surface area (Å²) in [7, 11) is 0. The van der Waals surface area contributed by atoms with Crippen molar-refractivity contribution in [1.82, 2.24) is 0 Å². The predicted octanol–water partition coefficient (Wildman–Crippen LogP) is 4.68. The Labute approximate surface area is 169 Å². The molecule has 1 aromatic heterocycles. The topological polar surface area (TPSA) is 33.3 Å². The Morgan fingerprint density at radius 1 is 1.04 bits per heavy atom. The van der Waals surface area contributed by atoms with Gasteiger partial charge in [0.25, 0.3) is 0 Å². The minimum Gasteiger partial charge on any atom is -0.758 e. The Bertz CT molecular complexity index is 973. The summed E-state index contributed by atoms with van der Waals surface area (Å²) in [5.41, 5.74) is 2.50. The monoisotopic (exact) mass is 394 g/mol. The molecule has 1 unspecified atom stereocenters. The molecule has 0 fully saturated rings. The van der Waals surface area contributed by atoms with Crippen molar-refractivity contribution in [1.29, 1.82) is 0 Å². The van der Waals surface area contributed by atoms with E-state index in [1.165, 1.54) is 0 Å². The van der Waals surface area contributed by atoms with Crippen molar-refractivity contribution in [2.24, 2.45) is 4.99 Å². The van der Waals surface area contributed by atoms with Gasteiger partial charge in [0.05, 0.1) is 5.02 Å². The van der Waals surface area contributed by atoms with Crippen molar-refractivity contribution in [2.45, 2.75) is 13.0 Å². The Balaban J connectivity index is 2.08. The second-order valence-electron chi connectivity index (χ2n) is 5.97. The van der Waals surface area contributed by atoms with Crippen LogP contribution in [0.1, 0.15) is 23.3 Å². The molecule has 3 nitrogen and oxygen atoms in total. The highest BCUT2D eigenvalue weighted by atomic mass is 35.5. The van der Waals surface area contributed by atoms with Crippen LogP contribution in [0.2, 0.25) is 5.02 Å². The number of ketones is 1. The Morgan fingerprint density at radius 2 is 1.70 bits per heavy atom. The largest absolute Gasteiger partial charge is 0.758 e. The van der Waals surface area contributed by atoms with E-state index >= 15 is 0 Å². The van der Waals surface area contributed by atoms with Crippen LogP contribution in [0.15, 0.2) is 84.1 Å². The van der Waals surface area contributed by atoms with Crippen molar-refractivity contribution in [3.63, 3.8) is 0 Å². The molecule has 0 aliphatic carbocycles. The Hall–Kier alpha value is -2.56. The summed E-state index contributed by atoms with van der Waals surface area (Å²) >= 11 is 11.7. The van der Waals surface area contributed by atoms with E-state index in [0.717, 1.165) is 11.1 Å². The molecule has 0 aliphatic rings. The maximum atomic E-state index is 13.3. The number of halogens is 1. The molecule has 1 heterocycles. The van der Waals surface area contributed by atoms with Crippen molar-refractivity contribution in [3.8, 4) is 11.1 Å². The number of nitrogens with zero attached hydrogens (tertiary/aromatic N) is 2. The smallest absolute Gasteiger partial charge is 0.237 e. The number of hydrogen-bond donors (Lipinski definition) is 0. The summed E-state index contributed by atoms with van der Waals surface area (Å²) in [6.45, 7) is 2.42. The quantitative estimate of drug-likeness (QED) is 0.200. The normalized spacial score (nSPS) is 12.6. The average Bonchev–Trinajstić information content (AvgIpc) is 2.69. The van der Waals surface area contributed by atoms with Crippen LogP contribution >= 0.6 is 11.6 Å². The van der Waals surface area contributed by atoms with Crippen LogP contribution in [0.4, 0.5) is 0 Å². The van der Waals surface area contributed by atoms with Crippen LogP contribution in [0.5, 0.6) is 0 Å². The molecule has 0 saturated carbocycles. The average molecular weight is 395 g/mol. The molecular weight excluding hydrogens is 376 g/mol. The zero-order valence-electron chi connectivity index (χ0n) is 14.9. The Morgan fingerprint density at radius 3 is 2.41 bits per heavy atom. The van der Waals surface area contributed by atoms with Gasteiger partial charge in [-0.3, -0.25) is 4.79 Å². The van der Waals surface area contributed by atoms with Gasteiger partial charge in [-0.05, 0) is 35.7 Å². The van der Waals surface area contributed by atoms with Gasteiger partial charge in [0.2, 0.25) is 11.8 Å². The van der Waals surface area contributed by atoms with Gasteiger partial charge in [0, 0.05) is 23.7 Å². The van der Waals surface area contributed by atoms with E-state index in [1.54, 1.807) is 24.3 Å². The van der Waals surface area contributed by atoms with Crippen molar-refractivity contribution in [3.05, 3.63) is 89.7 Å². The number of carbonyl (C=O) groups excluding carboxylic acids is 1. The number of pyridine rings is 1. The first-order valence-corrected chi connectivity index (χ1v) is 9.46. The van der Waals surface area contributed by atoms with Crippen LogP contribution in [0, 0.1) is 0 Å². The molecule has 3 rings (SSSR count). The fraction of sp³-hybridized carbons (Fsp3) is 0.136. The number of hydrogen-bond acceptors (Lipinski definition) is 3. The van der Waals surface area contributed by atoms with Gasteiger partial charge in [0.1, 0.15) is 0 Å². The first kappa shape index (κ1) is 19.2. The van der Waals surface area contributed by atoms with Gasteiger partial charge in [-0.15, -0.1) is 0 Å². The zero-order valence-corrected chi connectivity index (χ0v) is 16.5. The third-order valence-corrected chi connectivity index (χ3v) is 4.84. The highest BCUT2D eigenvalue weighted by Gasteiger charge is 2.29. The summed E-state index contributed by atoms with van der Waals surface area (Å²) in [5.74, 6) is -0.169. The number of aliphatic imine (C=N–C) groups is 1. The molecule has 0 aliphatic heterocycles. The summed E-state index contributed by atoms with van der Waals surface area (Å²) < 4.78 is 1.81. The molecule has 0 spiro atoms. The number of Topliss-reactive ketones (excluding diaryl/α,β-unsaturated/α-hetero) is 1. The molecule has 0 radical (unpaired) electrons. The van der Waals surface area contributed by atoms with E-state index in [0.29, 0.717) is 22.2 Å². The molecule has 0 bridgehead atoms. The number of benzene rings is 2. The van der Waals surface area contributed by atoms with Gasteiger partial charge in [-0.1, -0.05) is 54.1 Å². The van der Waals surface area contributed by atoms with E-state index in [9.17, 15) is 4.79 Å². The minimum absolute atomic E-state index is 0.169. The summed E-state index contributed by atoms with van der Waals surface area (Å²) in [6.07, 6.45) is 3.76. The van der Waals surface area contributed by atoms with Gasteiger partial charge < -0.3 is 17.6 Å². The lowest BCUT2D eigenvalue weighted by molar-refractivity contribution is -0.691. The second-order valence-corrected chi connectivity index (χ2v) is 6.79. The molecular formula is C22H19ClN2OS. The molecule has 136 valence electrons. The molecule has 5 heteroatoms. The van der Waals surface area contributed by atoms with Crippen LogP contribution in [-0.2, 0) is 12.6 Å². The molecule has 2 aromatic carbocycles. The van der Waals surface area contributed by atoms with Gasteiger partial charge in [-0.25, -0.2) is 0 Å². The number of carbonyl (C=O) groups is 1. The molecule has 0 saturated heterocycles. The van der Waals surface area contributed by atoms with Crippen LogP contribution in [0.3, 0.4) is 0 Å². The highest BCUT2D eigenvalue weighted by Crippen LogP contribution is 2.21. The summed E-state index contributed by atoms with van der Waals surface area (Å²) in [4.78, 5) is 17.6. The Kier molecular flexibility index (Phi) is 6.32. The van der Waals surface area contributed by atoms with Crippen molar-refractivity contribution >= 4 is 35.1 Å². The van der Waals surface area contributed by atoms with E-state index in [4.69, 9.17) is 24.2 Å². The minimum atomic E-state index is -0.719. The lowest BCUT2D eigenvalue weighted by Gasteiger charge is -2.19. The molecule has 0 amide bonds. The summed E-state index contributed by atoms with van der Waals surface area (Å²) in [6, 6.07) is 20.2. The first-order valence-electron chi connectivity index (χ1n) is 8.68. The molecule has 1 atom stereocenters. The van der Waals surface area contributed by atoms with Crippen LogP contribution < -0.4 is 4.57 Å². The lowest BCUT2D eigenvalue weighted by Crippen LogP contribution is -2.47. The van der Waals surface area contributed by atoms with Crippen LogP contribution in [-0.4, -0.2) is 17.4 Å². The van der Waals surface area contributed by atoms with Crippen molar-refractivity contribution < 1.29 is 9.36 Å². The highest BCUT2D eigenvalue weighted by molar-refractivity contribution is 7.77. The fourth-order valence-corrected chi connectivity index (χ4v) is 3.47. The summed E-state index contributed by atoms with van der Waals surface area (Å²) in [5, 5.41) is 0.754. The standard InChI is InChI=1S/C22H19ClN2OS/c1-2-24-22(27)20(21(26)18-12-6-7-13-19(18)23)25-14-8-11-17(15-25)16-9-4-3-5-10-16/h3-15,20H,2H2,1H3.